The Morgan fingerprint density at radius 2 is 2.26 bits per heavy atom. The highest BCUT2D eigenvalue weighted by molar-refractivity contribution is 6.33. The molecule has 1 aliphatic heterocycles. The first-order chi connectivity index (χ1) is 9.06. The molecule has 0 amide bonds. The molecule has 0 spiro atoms. The zero-order valence-corrected chi connectivity index (χ0v) is 12.4. The zero-order valence-electron chi connectivity index (χ0n) is 11.6. The fraction of sp³-hybridized carbons (Fsp3) is 0.692. The molecule has 0 radical (unpaired) electrons. The molecule has 5 nitrogen and oxygen atoms in total. The first-order valence-electron chi connectivity index (χ1n) is 6.78. The van der Waals surface area contributed by atoms with E-state index in [2.05, 4.69) is 27.2 Å². The molecular weight excluding hydrogens is 262 g/mol. The average molecular weight is 284 g/mol. The van der Waals surface area contributed by atoms with Gasteiger partial charge >= 0.3 is 0 Å². The Labute approximate surface area is 119 Å². The minimum atomic E-state index is 0.266. The Bertz CT molecular complexity index is 437. The molecule has 1 aromatic rings. The van der Waals surface area contributed by atoms with Gasteiger partial charge < -0.3 is 16.0 Å². The number of nitrogens with one attached hydrogen (secondary N) is 1. The number of hydrogen-bond donors (Lipinski definition) is 2. The molecule has 2 heterocycles. The van der Waals surface area contributed by atoms with Gasteiger partial charge in [0.05, 0.1) is 5.69 Å². The van der Waals surface area contributed by atoms with Crippen LogP contribution in [-0.2, 0) is 0 Å². The first kappa shape index (κ1) is 14.3. The van der Waals surface area contributed by atoms with Gasteiger partial charge in [0.1, 0.15) is 5.02 Å². The van der Waals surface area contributed by atoms with Crippen LogP contribution in [0.5, 0.6) is 0 Å². The second-order valence-electron chi connectivity index (χ2n) is 5.32. The summed E-state index contributed by atoms with van der Waals surface area (Å²) in [5, 5.41) is 3.84. The van der Waals surface area contributed by atoms with Crippen LogP contribution < -0.4 is 11.1 Å². The third-order valence-corrected chi connectivity index (χ3v) is 4.05. The van der Waals surface area contributed by atoms with Gasteiger partial charge in [-0.05, 0) is 45.7 Å². The molecule has 19 heavy (non-hydrogen) atoms. The van der Waals surface area contributed by atoms with Crippen molar-refractivity contribution in [2.24, 2.45) is 5.92 Å². The fourth-order valence-corrected chi connectivity index (χ4v) is 2.75. The Morgan fingerprint density at radius 3 is 3.00 bits per heavy atom. The van der Waals surface area contributed by atoms with Gasteiger partial charge in [-0.2, -0.15) is 4.98 Å². The van der Waals surface area contributed by atoms with Crippen LogP contribution in [0.4, 0.5) is 11.8 Å². The second-order valence-corrected chi connectivity index (χ2v) is 5.69. The topological polar surface area (TPSA) is 67.1 Å². The summed E-state index contributed by atoms with van der Waals surface area (Å²) in [6.45, 7) is 5.10. The van der Waals surface area contributed by atoms with Gasteiger partial charge in [0.15, 0.2) is 5.82 Å². The van der Waals surface area contributed by atoms with Crippen LogP contribution in [0, 0.1) is 12.8 Å². The van der Waals surface area contributed by atoms with Crippen LogP contribution in [0.1, 0.15) is 25.0 Å². The molecule has 0 aliphatic carbocycles. The maximum Gasteiger partial charge on any atom is 0.222 e. The number of nitrogen functional groups attached to an aromatic ring is 1. The number of aryl methyl sites for hydroxylation is 1. The first-order valence-corrected chi connectivity index (χ1v) is 7.16. The average Bonchev–Trinajstić information content (AvgIpc) is 2.35. The van der Waals surface area contributed by atoms with E-state index in [1.807, 2.05) is 6.92 Å². The van der Waals surface area contributed by atoms with Crippen molar-refractivity contribution in [2.45, 2.75) is 26.2 Å². The van der Waals surface area contributed by atoms with E-state index in [4.69, 9.17) is 17.3 Å². The van der Waals surface area contributed by atoms with Crippen molar-refractivity contribution in [2.75, 3.05) is 37.7 Å². The Morgan fingerprint density at radius 1 is 1.47 bits per heavy atom. The number of piperidine rings is 1. The molecule has 1 aliphatic rings. The van der Waals surface area contributed by atoms with Crippen LogP contribution in [-0.4, -0.2) is 41.5 Å². The van der Waals surface area contributed by atoms with Crippen LogP contribution in [0.2, 0.25) is 5.02 Å². The van der Waals surface area contributed by atoms with E-state index in [9.17, 15) is 0 Å². The van der Waals surface area contributed by atoms with Crippen LogP contribution in [0.3, 0.4) is 0 Å². The molecule has 0 saturated carbocycles. The van der Waals surface area contributed by atoms with Gasteiger partial charge in [-0.3, -0.25) is 0 Å². The summed E-state index contributed by atoms with van der Waals surface area (Å²) in [6, 6.07) is 0. The lowest BCUT2D eigenvalue weighted by molar-refractivity contribution is 0.205. The zero-order chi connectivity index (χ0) is 13.8. The van der Waals surface area contributed by atoms with Crippen molar-refractivity contribution in [3.05, 3.63) is 10.7 Å². The van der Waals surface area contributed by atoms with Crippen molar-refractivity contribution in [3.8, 4) is 0 Å². The molecule has 0 unspecified atom stereocenters. The van der Waals surface area contributed by atoms with Crippen molar-refractivity contribution in [1.29, 1.82) is 0 Å². The highest BCUT2D eigenvalue weighted by Crippen LogP contribution is 2.24. The highest BCUT2D eigenvalue weighted by Gasteiger charge is 2.17. The molecule has 106 valence electrons. The van der Waals surface area contributed by atoms with Crippen molar-refractivity contribution in [1.82, 2.24) is 14.9 Å². The maximum atomic E-state index is 6.16. The fourth-order valence-electron chi connectivity index (χ4n) is 2.60. The molecular formula is C13H22ClN5. The number of nitrogens with two attached hydrogens (primary N) is 1. The molecule has 0 aromatic carbocycles. The number of likely N-dealkylation sites (tertiary alicyclic amines) is 1. The normalized spacial score (nSPS) is 20.5. The quantitative estimate of drug-likeness (QED) is 0.886. The molecule has 3 N–H and O–H groups in total. The van der Waals surface area contributed by atoms with Gasteiger partial charge in [-0.25, -0.2) is 4.98 Å². The minimum absolute atomic E-state index is 0.266. The van der Waals surface area contributed by atoms with E-state index in [0.717, 1.165) is 18.9 Å². The molecule has 1 fully saturated rings. The summed E-state index contributed by atoms with van der Waals surface area (Å²) >= 11 is 6.16. The Kier molecular flexibility index (Phi) is 4.82. The van der Waals surface area contributed by atoms with Crippen LogP contribution in [0.25, 0.3) is 0 Å². The summed E-state index contributed by atoms with van der Waals surface area (Å²) < 4.78 is 0. The second kappa shape index (κ2) is 6.39. The molecule has 1 atom stereocenters. The van der Waals surface area contributed by atoms with E-state index in [1.54, 1.807) is 0 Å². The monoisotopic (exact) mass is 283 g/mol. The molecule has 2 rings (SSSR count). The molecule has 6 heteroatoms. The summed E-state index contributed by atoms with van der Waals surface area (Å²) in [4.78, 5) is 10.6. The maximum absolute atomic E-state index is 6.16. The predicted molar refractivity (Wildman–Crippen MR) is 79.5 cm³/mol. The Balaban J connectivity index is 1.85. The van der Waals surface area contributed by atoms with Crippen LogP contribution >= 0.6 is 11.6 Å². The number of nitrogens with zero attached hydrogens (tertiary/aromatic N) is 3. The van der Waals surface area contributed by atoms with Crippen LogP contribution in [0.15, 0.2) is 0 Å². The SMILES string of the molecule is Cc1nc(N)nc(NCC[C@@H]2CCCN(C)C2)c1Cl. The van der Waals surface area contributed by atoms with E-state index in [-0.39, 0.29) is 5.95 Å². The summed E-state index contributed by atoms with van der Waals surface area (Å²) in [5.74, 6) is 1.67. The summed E-state index contributed by atoms with van der Waals surface area (Å²) in [5.41, 5.74) is 6.35. The molecule has 0 bridgehead atoms. The standard InChI is InChI=1S/C13H22ClN5/c1-9-11(14)12(18-13(15)17-9)16-6-5-10-4-3-7-19(2)8-10/h10H,3-8H2,1-2H3,(H3,15,16,17,18)/t10-/m0/s1. The number of rotatable bonds is 4. The van der Waals surface area contributed by atoms with Crippen molar-refractivity contribution >= 4 is 23.4 Å². The van der Waals surface area contributed by atoms with Gasteiger partial charge in [0.25, 0.3) is 0 Å². The largest absolute Gasteiger partial charge is 0.369 e. The minimum Gasteiger partial charge on any atom is -0.369 e. The lowest BCUT2D eigenvalue weighted by atomic mass is 9.95. The van der Waals surface area contributed by atoms with Gasteiger partial charge in [-0.15, -0.1) is 0 Å². The Hall–Kier alpha value is -1.07. The molecule has 1 saturated heterocycles. The van der Waals surface area contributed by atoms with Gasteiger partial charge in [0, 0.05) is 13.1 Å². The van der Waals surface area contributed by atoms with E-state index < -0.39 is 0 Å². The summed E-state index contributed by atoms with van der Waals surface area (Å²) in [6.07, 6.45) is 3.73. The van der Waals surface area contributed by atoms with Gasteiger partial charge in [0.2, 0.25) is 5.95 Å². The third-order valence-electron chi connectivity index (χ3n) is 3.60. The number of halogens is 1. The molecule has 1 aromatic heterocycles. The number of aromatic nitrogens is 2. The third kappa shape index (κ3) is 3.94. The van der Waals surface area contributed by atoms with E-state index in [1.165, 1.54) is 25.9 Å². The van der Waals surface area contributed by atoms with E-state index in [0.29, 0.717) is 16.5 Å². The number of hydrogen-bond acceptors (Lipinski definition) is 5. The number of anilines is 2. The van der Waals surface area contributed by atoms with Crippen molar-refractivity contribution < 1.29 is 0 Å². The smallest absolute Gasteiger partial charge is 0.222 e. The lowest BCUT2D eigenvalue weighted by Crippen LogP contribution is -2.32. The highest BCUT2D eigenvalue weighted by atomic mass is 35.5. The lowest BCUT2D eigenvalue weighted by Gasteiger charge is -2.29. The van der Waals surface area contributed by atoms with Gasteiger partial charge in [-0.1, -0.05) is 11.6 Å². The summed E-state index contributed by atoms with van der Waals surface area (Å²) in [7, 11) is 2.19. The van der Waals surface area contributed by atoms with E-state index >= 15 is 0 Å². The predicted octanol–water partition coefficient (Wildman–Crippen LogP) is 2.16. The van der Waals surface area contributed by atoms with Crippen molar-refractivity contribution in [3.63, 3.8) is 0 Å².